The van der Waals surface area contributed by atoms with E-state index in [1.54, 1.807) is 17.7 Å². The number of ether oxygens (including phenoxy) is 1. The Hall–Kier alpha value is -2.07. The van der Waals surface area contributed by atoms with E-state index >= 15 is 0 Å². The molecule has 0 saturated heterocycles. The van der Waals surface area contributed by atoms with E-state index in [0.717, 1.165) is 12.1 Å². The molecule has 10 heteroatoms. The summed E-state index contributed by atoms with van der Waals surface area (Å²) in [5.41, 5.74) is 0. The molecule has 1 atom stereocenters. The van der Waals surface area contributed by atoms with Crippen molar-refractivity contribution in [1.82, 2.24) is 14.3 Å². The number of sulfonamides is 1. The molecular weight excluding hydrogens is 335 g/mol. The summed E-state index contributed by atoms with van der Waals surface area (Å²) in [6.07, 6.45) is -0.293. The Bertz CT molecular complexity index is 745. The highest BCUT2D eigenvalue weighted by Crippen LogP contribution is 2.29. The van der Waals surface area contributed by atoms with Crippen LogP contribution in [-0.2, 0) is 16.6 Å². The zero-order valence-electron chi connectivity index (χ0n) is 12.0. The molecular formula is C13H14F3N3O3S. The number of halogens is 3. The van der Waals surface area contributed by atoms with Crippen LogP contribution in [0, 0.1) is 0 Å². The average Bonchev–Trinajstić information content (AvgIpc) is 2.89. The summed E-state index contributed by atoms with van der Waals surface area (Å²) in [7, 11) is -4.17. The van der Waals surface area contributed by atoms with Gasteiger partial charge in [-0.25, -0.2) is 18.1 Å². The first kappa shape index (κ1) is 17.3. The smallest absolute Gasteiger partial charge is 0.404 e. The molecule has 0 amide bonds. The van der Waals surface area contributed by atoms with Crippen molar-refractivity contribution < 1.29 is 26.3 Å². The summed E-state index contributed by atoms with van der Waals surface area (Å²) >= 11 is 0. The molecule has 0 saturated carbocycles. The summed E-state index contributed by atoms with van der Waals surface area (Å²) in [4.78, 5) is 3.25. The summed E-state index contributed by atoms with van der Waals surface area (Å²) in [6, 6.07) is 4.01. The molecule has 126 valence electrons. The third kappa shape index (κ3) is 4.96. The molecule has 0 aliphatic carbocycles. The van der Waals surface area contributed by atoms with Crippen LogP contribution in [0.1, 0.15) is 6.92 Å². The minimum absolute atomic E-state index is 0.279. The molecule has 0 aliphatic rings. The SMILES string of the molecule is C[C@@H](Cn1ccnc1)NS(=O)(=O)c1ccccc1OC(F)(F)F. The molecule has 1 aromatic carbocycles. The molecule has 0 fully saturated rings. The fraction of sp³-hybridized carbons (Fsp3) is 0.308. The van der Waals surface area contributed by atoms with Crippen LogP contribution in [0.15, 0.2) is 47.9 Å². The lowest BCUT2D eigenvalue weighted by molar-refractivity contribution is -0.275. The van der Waals surface area contributed by atoms with Crippen LogP contribution in [0.4, 0.5) is 13.2 Å². The lowest BCUT2D eigenvalue weighted by Gasteiger charge is -2.17. The summed E-state index contributed by atoms with van der Waals surface area (Å²) in [6.45, 7) is 1.87. The molecule has 6 nitrogen and oxygen atoms in total. The molecule has 0 bridgehead atoms. The van der Waals surface area contributed by atoms with Crippen molar-refractivity contribution in [2.24, 2.45) is 0 Å². The van der Waals surface area contributed by atoms with Crippen molar-refractivity contribution in [2.45, 2.75) is 30.8 Å². The standard InChI is InChI=1S/C13H14F3N3O3S/c1-10(8-19-7-6-17-9-19)18-23(20,21)12-5-3-2-4-11(12)22-13(14,15)16/h2-7,9-10,18H,8H2,1H3/t10-/m0/s1. The van der Waals surface area contributed by atoms with Gasteiger partial charge in [0.25, 0.3) is 0 Å². The Morgan fingerprint density at radius 3 is 2.65 bits per heavy atom. The van der Waals surface area contributed by atoms with Gasteiger partial charge in [-0.1, -0.05) is 12.1 Å². The molecule has 2 rings (SSSR count). The Morgan fingerprint density at radius 1 is 1.35 bits per heavy atom. The third-order valence-corrected chi connectivity index (χ3v) is 4.39. The molecule has 1 aromatic heterocycles. The number of alkyl halides is 3. The zero-order chi connectivity index (χ0) is 17.1. The van der Waals surface area contributed by atoms with Gasteiger partial charge >= 0.3 is 6.36 Å². The Balaban J connectivity index is 2.19. The first-order valence-electron chi connectivity index (χ1n) is 6.50. The van der Waals surface area contributed by atoms with E-state index in [9.17, 15) is 21.6 Å². The zero-order valence-corrected chi connectivity index (χ0v) is 12.8. The minimum atomic E-state index is -4.98. The maximum absolute atomic E-state index is 12.4. The predicted molar refractivity (Wildman–Crippen MR) is 75.1 cm³/mol. The lowest BCUT2D eigenvalue weighted by Crippen LogP contribution is -2.36. The number of hydrogen-bond acceptors (Lipinski definition) is 4. The van der Waals surface area contributed by atoms with Gasteiger partial charge < -0.3 is 9.30 Å². The summed E-state index contributed by atoms with van der Waals surface area (Å²) in [5.74, 6) is -0.776. The van der Waals surface area contributed by atoms with Gasteiger partial charge in [0.05, 0.1) is 6.33 Å². The van der Waals surface area contributed by atoms with Gasteiger partial charge in [-0.3, -0.25) is 0 Å². The van der Waals surface area contributed by atoms with Crippen LogP contribution in [0.5, 0.6) is 5.75 Å². The fourth-order valence-electron chi connectivity index (χ4n) is 1.96. The van der Waals surface area contributed by atoms with E-state index in [2.05, 4.69) is 14.4 Å². The number of rotatable bonds is 6. The molecule has 1 heterocycles. The second-order valence-corrected chi connectivity index (χ2v) is 6.46. The fourth-order valence-corrected chi connectivity index (χ4v) is 3.32. The Kier molecular flexibility index (Phi) is 4.95. The van der Waals surface area contributed by atoms with Gasteiger partial charge in [-0.2, -0.15) is 0 Å². The van der Waals surface area contributed by atoms with E-state index in [1.807, 2.05) is 0 Å². The van der Waals surface area contributed by atoms with Gasteiger partial charge in [0.2, 0.25) is 10.0 Å². The number of aromatic nitrogens is 2. The van der Waals surface area contributed by atoms with Crippen molar-refractivity contribution in [1.29, 1.82) is 0 Å². The third-order valence-electron chi connectivity index (χ3n) is 2.76. The molecule has 0 unspecified atom stereocenters. The molecule has 2 aromatic rings. The molecule has 1 N–H and O–H groups in total. The second kappa shape index (κ2) is 6.59. The van der Waals surface area contributed by atoms with Gasteiger partial charge in [-0.05, 0) is 19.1 Å². The van der Waals surface area contributed by atoms with Gasteiger partial charge in [0.15, 0.2) is 0 Å². The van der Waals surface area contributed by atoms with Gasteiger partial charge in [0, 0.05) is 25.0 Å². The van der Waals surface area contributed by atoms with Crippen molar-refractivity contribution in [3.8, 4) is 5.75 Å². The first-order valence-corrected chi connectivity index (χ1v) is 7.98. The molecule has 0 aliphatic heterocycles. The molecule has 0 spiro atoms. The quantitative estimate of drug-likeness (QED) is 0.867. The maximum atomic E-state index is 12.4. The second-order valence-electron chi connectivity index (χ2n) is 4.78. The van der Waals surface area contributed by atoms with Crippen LogP contribution >= 0.6 is 0 Å². The normalized spacial score (nSPS) is 13.7. The van der Waals surface area contributed by atoms with Crippen molar-refractivity contribution in [3.05, 3.63) is 43.0 Å². The molecule has 23 heavy (non-hydrogen) atoms. The van der Waals surface area contributed by atoms with Crippen LogP contribution in [0.2, 0.25) is 0 Å². The van der Waals surface area contributed by atoms with E-state index in [0.29, 0.717) is 0 Å². The van der Waals surface area contributed by atoms with E-state index < -0.39 is 33.1 Å². The summed E-state index contributed by atoms with van der Waals surface area (Å²) in [5, 5.41) is 0. The van der Waals surface area contributed by atoms with Crippen LogP contribution in [-0.4, -0.2) is 30.4 Å². The van der Waals surface area contributed by atoms with Crippen LogP contribution < -0.4 is 9.46 Å². The van der Waals surface area contributed by atoms with Gasteiger partial charge in [0.1, 0.15) is 10.6 Å². The Labute approximate surface area is 131 Å². The van der Waals surface area contributed by atoms with Crippen molar-refractivity contribution >= 4 is 10.0 Å². The topological polar surface area (TPSA) is 73.2 Å². The van der Waals surface area contributed by atoms with E-state index in [-0.39, 0.29) is 6.54 Å². The highest BCUT2D eigenvalue weighted by atomic mass is 32.2. The van der Waals surface area contributed by atoms with Gasteiger partial charge in [-0.15, -0.1) is 13.2 Å². The Morgan fingerprint density at radius 2 is 2.04 bits per heavy atom. The number of nitrogens with zero attached hydrogens (tertiary/aromatic N) is 2. The average molecular weight is 349 g/mol. The molecule has 0 radical (unpaired) electrons. The van der Waals surface area contributed by atoms with Crippen molar-refractivity contribution in [2.75, 3.05) is 0 Å². The van der Waals surface area contributed by atoms with Crippen molar-refractivity contribution in [3.63, 3.8) is 0 Å². The highest BCUT2D eigenvalue weighted by Gasteiger charge is 2.34. The number of imidazole rings is 1. The predicted octanol–water partition coefficient (Wildman–Crippen LogP) is 2.15. The number of hydrogen-bond donors (Lipinski definition) is 1. The summed E-state index contributed by atoms with van der Waals surface area (Å²) < 4.78 is 69.4. The monoisotopic (exact) mass is 349 g/mol. The maximum Gasteiger partial charge on any atom is 0.573 e. The lowest BCUT2D eigenvalue weighted by atomic mass is 10.3. The largest absolute Gasteiger partial charge is 0.573 e. The number of nitrogens with one attached hydrogen (secondary N) is 1. The van der Waals surface area contributed by atoms with Crippen LogP contribution in [0.25, 0.3) is 0 Å². The number of benzene rings is 1. The van der Waals surface area contributed by atoms with E-state index in [4.69, 9.17) is 0 Å². The minimum Gasteiger partial charge on any atom is -0.404 e. The highest BCUT2D eigenvalue weighted by molar-refractivity contribution is 7.89. The first-order chi connectivity index (χ1) is 10.7. The number of para-hydroxylation sites is 1. The van der Waals surface area contributed by atoms with E-state index in [1.165, 1.54) is 24.7 Å². The van der Waals surface area contributed by atoms with Crippen LogP contribution in [0.3, 0.4) is 0 Å².